The van der Waals surface area contributed by atoms with E-state index in [0.29, 0.717) is 23.6 Å². The summed E-state index contributed by atoms with van der Waals surface area (Å²) in [5, 5.41) is 4.78. The van der Waals surface area contributed by atoms with Gasteiger partial charge in [0.05, 0.1) is 11.1 Å². The molecule has 2 nitrogen and oxygen atoms in total. The molecule has 1 heterocycles. The molecule has 0 atom stereocenters. The maximum Gasteiger partial charge on any atom is 0.416 e. The van der Waals surface area contributed by atoms with Gasteiger partial charge in [0.2, 0.25) is 0 Å². The van der Waals surface area contributed by atoms with E-state index in [9.17, 15) is 13.2 Å². The van der Waals surface area contributed by atoms with E-state index in [1.165, 1.54) is 12.1 Å². The van der Waals surface area contributed by atoms with Crippen LogP contribution in [0.5, 0.6) is 0 Å². The summed E-state index contributed by atoms with van der Waals surface area (Å²) in [7, 11) is 0. The monoisotopic (exact) mass is 350 g/mol. The normalized spacial score (nSPS) is 11.7. The number of hydrogen-bond donors (Lipinski definition) is 1. The SMILES string of the molecule is FC(F)(F)c1cccc(CCNc2ccnc3cc(Cl)ccc23)c1. The molecular weight excluding hydrogens is 337 g/mol. The van der Waals surface area contributed by atoms with E-state index in [4.69, 9.17) is 11.6 Å². The molecule has 0 saturated carbocycles. The molecule has 124 valence electrons. The van der Waals surface area contributed by atoms with Gasteiger partial charge in [-0.25, -0.2) is 0 Å². The number of pyridine rings is 1. The second-order valence-electron chi connectivity index (χ2n) is 5.39. The molecule has 6 heteroatoms. The van der Waals surface area contributed by atoms with E-state index in [2.05, 4.69) is 10.3 Å². The number of halogens is 4. The van der Waals surface area contributed by atoms with Gasteiger partial charge in [-0.1, -0.05) is 29.8 Å². The van der Waals surface area contributed by atoms with Crippen LogP contribution in [0.2, 0.25) is 5.02 Å². The molecule has 0 aliphatic rings. The molecule has 2 aromatic carbocycles. The van der Waals surface area contributed by atoms with E-state index < -0.39 is 11.7 Å². The predicted octanol–water partition coefficient (Wildman–Crippen LogP) is 5.56. The number of aromatic nitrogens is 1. The molecule has 24 heavy (non-hydrogen) atoms. The summed E-state index contributed by atoms with van der Waals surface area (Å²) in [6.07, 6.45) is -2.16. The van der Waals surface area contributed by atoms with Gasteiger partial charge in [-0.15, -0.1) is 0 Å². The van der Waals surface area contributed by atoms with Gasteiger partial charge in [-0.05, 0) is 42.3 Å². The van der Waals surface area contributed by atoms with Crippen LogP contribution in [0.4, 0.5) is 18.9 Å². The Labute approximate surface area is 142 Å². The van der Waals surface area contributed by atoms with Crippen molar-refractivity contribution in [2.75, 3.05) is 11.9 Å². The summed E-state index contributed by atoms with van der Waals surface area (Å²) in [5.74, 6) is 0. The zero-order chi connectivity index (χ0) is 17.2. The Morgan fingerprint density at radius 1 is 1.04 bits per heavy atom. The molecular formula is C18H14ClF3N2. The smallest absolute Gasteiger partial charge is 0.384 e. The summed E-state index contributed by atoms with van der Waals surface area (Å²) in [5.41, 5.74) is 1.66. The number of rotatable bonds is 4. The Morgan fingerprint density at radius 3 is 2.67 bits per heavy atom. The fraction of sp³-hybridized carbons (Fsp3) is 0.167. The van der Waals surface area contributed by atoms with Crippen LogP contribution >= 0.6 is 11.6 Å². The summed E-state index contributed by atoms with van der Waals surface area (Å²) >= 11 is 5.95. The largest absolute Gasteiger partial charge is 0.416 e. The standard InChI is InChI=1S/C18H14ClF3N2/c19-14-4-5-15-16(7-9-24-17(15)11-14)23-8-6-12-2-1-3-13(10-12)18(20,21)22/h1-5,7,9-11H,6,8H2,(H,23,24). The van der Waals surface area contributed by atoms with E-state index in [1.807, 2.05) is 12.1 Å². The van der Waals surface area contributed by atoms with Crippen LogP contribution in [0.25, 0.3) is 10.9 Å². The number of alkyl halides is 3. The Hall–Kier alpha value is -2.27. The van der Waals surface area contributed by atoms with Crippen molar-refractivity contribution >= 4 is 28.2 Å². The fourth-order valence-corrected chi connectivity index (χ4v) is 2.69. The van der Waals surface area contributed by atoms with Crippen LogP contribution < -0.4 is 5.32 Å². The minimum atomic E-state index is -4.32. The van der Waals surface area contributed by atoms with Gasteiger partial charge in [0.15, 0.2) is 0 Å². The highest BCUT2D eigenvalue weighted by atomic mass is 35.5. The minimum Gasteiger partial charge on any atom is -0.384 e. The molecule has 3 rings (SSSR count). The number of hydrogen-bond acceptors (Lipinski definition) is 2. The minimum absolute atomic E-state index is 0.487. The van der Waals surface area contributed by atoms with Crippen molar-refractivity contribution in [2.24, 2.45) is 0 Å². The average molecular weight is 351 g/mol. The summed E-state index contributed by atoms with van der Waals surface area (Å²) in [6.45, 7) is 0.517. The van der Waals surface area contributed by atoms with Crippen LogP contribution in [0.3, 0.4) is 0 Å². The molecule has 0 amide bonds. The Bertz CT molecular complexity index is 862. The molecule has 0 unspecified atom stereocenters. The number of fused-ring (bicyclic) bond motifs is 1. The first-order valence-electron chi connectivity index (χ1n) is 7.38. The van der Waals surface area contributed by atoms with Gasteiger partial charge in [-0.3, -0.25) is 4.98 Å². The maximum atomic E-state index is 12.7. The highest BCUT2D eigenvalue weighted by molar-refractivity contribution is 6.31. The maximum absolute atomic E-state index is 12.7. The van der Waals surface area contributed by atoms with Crippen molar-refractivity contribution < 1.29 is 13.2 Å². The van der Waals surface area contributed by atoms with E-state index in [0.717, 1.165) is 22.7 Å². The van der Waals surface area contributed by atoms with Gasteiger partial charge >= 0.3 is 6.18 Å². The van der Waals surface area contributed by atoms with Crippen LogP contribution in [0.15, 0.2) is 54.7 Å². The molecule has 1 N–H and O–H groups in total. The third-order valence-corrected chi connectivity index (χ3v) is 3.92. The highest BCUT2D eigenvalue weighted by Gasteiger charge is 2.30. The third kappa shape index (κ3) is 3.79. The molecule has 0 aliphatic carbocycles. The Morgan fingerprint density at radius 2 is 1.88 bits per heavy atom. The number of nitrogens with zero attached hydrogens (tertiary/aromatic N) is 1. The fourth-order valence-electron chi connectivity index (χ4n) is 2.52. The molecule has 0 spiro atoms. The number of benzene rings is 2. The van der Waals surface area contributed by atoms with Crippen molar-refractivity contribution in [3.63, 3.8) is 0 Å². The predicted molar refractivity (Wildman–Crippen MR) is 90.4 cm³/mol. The second-order valence-corrected chi connectivity index (χ2v) is 5.83. The molecule has 1 aromatic heterocycles. The number of nitrogens with one attached hydrogen (secondary N) is 1. The lowest BCUT2D eigenvalue weighted by atomic mass is 10.1. The van der Waals surface area contributed by atoms with Crippen molar-refractivity contribution in [1.29, 1.82) is 0 Å². The quantitative estimate of drug-likeness (QED) is 0.666. The number of anilines is 1. The van der Waals surface area contributed by atoms with Crippen LogP contribution in [0, 0.1) is 0 Å². The topological polar surface area (TPSA) is 24.9 Å². The molecule has 0 fully saturated rings. The molecule has 0 saturated heterocycles. The Balaban J connectivity index is 1.71. The van der Waals surface area contributed by atoms with E-state index in [-0.39, 0.29) is 0 Å². The van der Waals surface area contributed by atoms with Gasteiger partial charge in [0.25, 0.3) is 0 Å². The lowest BCUT2D eigenvalue weighted by Crippen LogP contribution is -2.08. The lowest BCUT2D eigenvalue weighted by Gasteiger charge is -2.11. The summed E-state index contributed by atoms with van der Waals surface area (Å²) < 4.78 is 38.2. The van der Waals surface area contributed by atoms with Gasteiger partial charge in [-0.2, -0.15) is 13.2 Å². The van der Waals surface area contributed by atoms with Crippen LogP contribution in [-0.4, -0.2) is 11.5 Å². The average Bonchev–Trinajstić information content (AvgIpc) is 2.54. The second kappa shape index (κ2) is 6.69. The Kier molecular flexibility index (Phi) is 4.62. The first-order chi connectivity index (χ1) is 11.4. The van der Waals surface area contributed by atoms with Gasteiger partial charge < -0.3 is 5.32 Å². The van der Waals surface area contributed by atoms with Crippen molar-refractivity contribution in [3.05, 3.63) is 70.9 Å². The van der Waals surface area contributed by atoms with Gasteiger partial charge in [0.1, 0.15) is 0 Å². The molecule has 0 radical (unpaired) electrons. The van der Waals surface area contributed by atoms with E-state index >= 15 is 0 Å². The molecule has 0 aliphatic heterocycles. The third-order valence-electron chi connectivity index (χ3n) is 3.69. The molecule has 3 aromatic rings. The van der Waals surface area contributed by atoms with Crippen molar-refractivity contribution in [3.8, 4) is 0 Å². The lowest BCUT2D eigenvalue weighted by molar-refractivity contribution is -0.137. The van der Waals surface area contributed by atoms with E-state index in [1.54, 1.807) is 24.4 Å². The zero-order valence-electron chi connectivity index (χ0n) is 12.6. The summed E-state index contributed by atoms with van der Waals surface area (Å²) in [6, 6.07) is 12.7. The first-order valence-corrected chi connectivity index (χ1v) is 7.75. The van der Waals surface area contributed by atoms with Gasteiger partial charge in [0, 0.05) is 28.8 Å². The van der Waals surface area contributed by atoms with Crippen molar-refractivity contribution in [1.82, 2.24) is 4.98 Å². The van der Waals surface area contributed by atoms with Crippen molar-refractivity contribution in [2.45, 2.75) is 12.6 Å². The van der Waals surface area contributed by atoms with Crippen LogP contribution in [0.1, 0.15) is 11.1 Å². The summed E-state index contributed by atoms with van der Waals surface area (Å²) in [4.78, 5) is 4.26. The zero-order valence-corrected chi connectivity index (χ0v) is 13.3. The highest BCUT2D eigenvalue weighted by Crippen LogP contribution is 2.29. The van der Waals surface area contributed by atoms with Crippen LogP contribution in [-0.2, 0) is 12.6 Å². The molecule has 0 bridgehead atoms. The first kappa shape index (κ1) is 16.6.